The van der Waals surface area contributed by atoms with Gasteiger partial charge in [-0.25, -0.2) is 0 Å². The monoisotopic (exact) mass is 497 g/mol. The number of thioether (sulfide) groups is 1. The van der Waals surface area contributed by atoms with E-state index in [0.29, 0.717) is 21.6 Å². The smallest absolute Gasteiger partial charge is 0.196 e. The molecule has 150 valence electrons. The summed E-state index contributed by atoms with van der Waals surface area (Å²) in [6, 6.07) is 23.1. The predicted octanol–water partition coefficient (Wildman–Crippen LogP) is 6.63. The van der Waals surface area contributed by atoms with Gasteiger partial charge < -0.3 is 0 Å². The van der Waals surface area contributed by atoms with Crippen LogP contribution in [0.5, 0.6) is 0 Å². The second kappa shape index (κ2) is 9.16. The van der Waals surface area contributed by atoms with Gasteiger partial charge in [0.15, 0.2) is 16.8 Å². The maximum atomic E-state index is 12.7. The number of hydrogen-bond donors (Lipinski definition) is 0. The van der Waals surface area contributed by atoms with Crippen LogP contribution in [0.2, 0.25) is 5.02 Å². The molecule has 0 aliphatic rings. The number of Topliss-reactive ketones (excluding diaryl/α,β-unsaturated/α-hetero) is 1. The molecule has 30 heavy (non-hydrogen) atoms. The zero-order valence-corrected chi connectivity index (χ0v) is 19.2. The molecule has 0 aliphatic heterocycles. The van der Waals surface area contributed by atoms with E-state index in [4.69, 9.17) is 11.6 Å². The minimum Gasteiger partial charge on any atom is -0.293 e. The highest BCUT2D eigenvalue weighted by Crippen LogP contribution is 2.30. The van der Waals surface area contributed by atoms with Gasteiger partial charge in [-0.2, -0.15) is 0 Å². The van der Waals surface area contributed by atoms with Crippen molar-refractivity contribution in [3.63, 3.8) is 0 Å². The standard InChI is InChI=1S/C23H17BrClN3OS/c1-15-9-11-18(12-10-15)28-22(16-5-4-6-17(25)13-16)26-27-23(28)30-14-21(29)19-7-2-3-8-20(19)24/h2-13H,14H2,1H3. The molecule has 1 aromatic heterocycles. The third kappa shape index (κ3) is 4.51. The number of benzene rings is 3. The Hall–Kier alpha value is -2.41. The highest BCUT2D eigenvalue weighted by Gasteiger charge is 2.18. The molecule has 0 saturated heterocycles. The number of aryl methyl sites for hydroxylation is 1. The zero-order chi connectivity index (χ0) is 21.1. The van der Waals surface area contributed by atoms with Gasteiger partial charge in [0.25, 0.3) is 0 Å². The molecular formula is C23H17BrClN3OS. The lowest BCUT2D eigenvalue weighted by atomic mass is 10.1. The fourth-order valence-corrected chi connectivity index (χ4v) is 4.53. The Morgan fingerprint density at radius 1 is 1.03 bits per heavy atom. The molecule has 0 spiro atoms. The van der Waals surface area contributed by atoms with Crippen molar-refractivity contribution >= 4 is 45.1 Å². The van der Waals surface area contributed by atoms with Crippen molar-refractivity contribution in [2.45, 2.75) is 12.1 Å². The molecule has 1 heterocycles. The molecule has 0 fully saturated rings. The number of rotatable bonds is 6. The molecular weight excluding hydrogens is 482 g/mol. The van der Waals surface area contributed by atoms with E-state index in [9.17, 15) is 4.79 Å². The van der Waals surface area contributed by atoms with Gasteiger partial charge in [0, 0.05) is 26.3 Å². The Kier molecular flexibility index (Phi) is 6.37. The minimum atomic E-state index is 0.0234. The van der Waals surface area contributed by atoms with Gasteiger partial charge >= 0.3 is 0 Å². The maximum absolute atomic E-state index is 12.7. The summed E-state index contributed by atoms with van der Waals surface area (Å²) in [6.07, 6.45) is 0. The lowest BCUT2D eigenvalue weighted by molar-refractivity contribution is 0.102. The fourth-order valence-electron chi connectivity index (χ4n) is 3.00. The van der Waals surface area contributed by atoms with Crippen molar-refractivity contribution in [2.75, 3.05) is 5.75 Å². The molecule has 0 radical (unpaired) electrons. The summed E-state index contributed by atoms with van der Waals surface area (Å²) in [7, 11) is 0. The molecule has 0 N–H and O–H groups in total. The van der Waals surface area contributed by atoms with E-state index in [1.165, 1.54) is 11.8 Å². The predicted molar refractivity (Wildman–Crippen MR) is 126 cm³/mol. The van der Waals surface area contributed by atoms with Crippen molar-refractivity contribution in [1.82, 2.24) is 14.8 Å². The molecule has 4 nitrogen and oxygen atoms in total. The first kappa shape index (κ1) is 20.8. The average molecular weight is 499 g/mol. The van der Waals surface area contributed by atoms with Crippen molar-refractivity contribution in [3.05, 3.63) is 93.4 Å². The lowest BCUT2D eigenvalue weighted by Gasteiger charge is -2.11. The molecule has 7 heteroatoms. The summed E-state index contributed by atoms with van der Waals surface area (Å²) < 4.78 is 2.75. The molecule has 0 unspecified atom stereocenters. The van der Waals surface area contributed by atoms with Gasteiger partial charge in [0.1, 0.15) is 0 Å². The van der Waals surface area contributed by atoms with E-state index in [1.54, 1.807) is 0 Å². The van der Waals surface area contributed by atoms with Crippen LogP contribution in [0.3, 0.4) is 0 Å². The summed E-state index contributed by atoms with van der Waals surface area (Å²) in [5, 5.41) is 10.1. The Morgan fingerprint density at radius 3 is 2.53 bits per heavy atom. The van der Waals surface area contributed by atoms with Gasteiger partial charge in [-0.05, 0) is 37.3 Å². The highest BCUT2D eigenvalue weighted by atomic mass is 79.9. The van der Waals surface area contributed by atoms with Crippen LogP contribution in [-0.4, -0.2) is 26.3 Å². The normalized spacial score (nSPS) is 10.9. The topological polar surface area (TPSA) is 47.8 Å². The summed E-state index contributed by atoms with van der Waals surface area (Å²) in [5.41, 5.74) is 3.60. The van der Waals surface area contributed by atoms with Crippen LogP contribution in [0.1, 0.15) is 15.9 Å². The van der Waals surface area contributed by atoms with Gasteiger partial charge in [0.05, 0.1) is 5.75 Å². The quantitative estimate of drug-likeness (QED) is 0.221. The molecule has 0 aliphatic carbocycles. The van der Waals surface area contributed by atoms with Gasteiger partial charge in [-0.15, -0.1) is 10.2 Å². The van der Waals surface area contributed by atoms with Crippen LogP contribution in [-0.2, 0) is 0 Å². The largest absolute Gasteiger partial charge is 0.293 e. The van der Waals surface area contributed by atoms with E-state index in [2.05, 4.69) is 26.1 Å². The first-order chi connectivity index (χ1) is 14.5. The third-order valence-electron chi connectivity index (χ3n) is 4.51. The summed E-state index contributed by atoms with van der Waals surface area (Å²) >= 11 is 11.0. The van der Waals surface area contributed by atoms with Gasteiger partial charge in [0.2, 0.25) is 0 Å². The van der Waals surface area contributed by atoms with E-state index in [1.807, 2.05) is 84.3 Å². The molecule has 0 atom stereocenters. The van der Waals surface area contributed by atoms with Crippen molar-refractivity contribution in [1.29, 1.82) is 0 Å². The zero-order valence-electron chi connectivity index (χ0n) is 16.0. The molecule has 4 aromatic rings. The minimum absolute atomic E-state index is 0.0234. The molecule has 4 rings (SSSR count). The van der Waals surface area contributed by atoms with Gasteiger partial charge in [-0.3, -0.25) is 9.36 Å². The number of aromatic nitrogens is 3. The lowest BCUT2D eigenvalue weighted by Crippen LogP contribution is -2.05. The Bertz CT molecular complexity index is 1210. The fraction of sp³-hybridized carbons (Fsp3) is 0.0870. The first-order valence-electron chi connectivity index (χ1n) is 9.22. The number of halogens is 2. The highest BCUT2D eigenvalue weighted by molar-refractivity contribution is 9.10. The number of ketones is 1. The third-order valence-corrected chi connectivity index (χ3v) is 6.37. The number of carbonyl (C=O) groups is 1. The first-order valence-corrected chi connectivity index (χ1v) is 11.4. The van der Waals surface area contributed by atoms with Crippen molar-refractivity contribution in [2.24, 2.45) is 0 Å². The SMILES string of the molecule is Cc1ccc(-n2c(SCC(=O)c3ccccc3Br)nnc2-c2cccc(Cl)c2)cc1. The van der Waals surface area contributed by atoms with E-state index < -0.39 is 0 Å². The van der Waals surface area contributed by atoms with Crippen LogP contribution >= 0.6 is 39.3 Å². The van der Waals surface area contributed by atoms with E-state index in [0.717, 1.165) is 21.3 Å². The average Bonchev–Trinajstić information content (AvgIpc) is 3.17. The number of nitrogens with zero attached hydrogens (tertiary/aromatic N) is 3. The second-order valence-electron chi connectivity index (χ2n) is 6.68. The van der Waals surface area contributed by atoms with Crippen LogP contribution in [0, 0.1) is 6.92 Å². The molecule has 3 aromatic carbocycles. The van der Waals surface area contributed by atoms with E-state index >= 15 is 0 Å². The molecule has 0 saturated carbocycles. The van der Waals surface area contributed by atoms with Crippen LogP contribution < -0.4 is 0 Å². The van der Waals surface area contributed by atoms with Crippen LogP contribution in [0.15, 0.2) is 82.4 Å². The Labute approximate surface area is 192 Å². The summed E-state index contributed by atoms with van der Waals surface area (Å²) in [4.78, 5) is 12.7. The van der Waals surface area contributed by atoms with E-state index in [-0.39, 0.29) is 11.5 Å². The second-order valence-corrected chi connectivity index (χ2v) is 8.91. The molecule has 0 amide bonds. The van der Waals surface area contributed by atoms with Crippen molar-refractivity contribution < 1.29 is 4.79 Å². The summed E-state index contributed by atoms with van der Waals surface area (Å²) in [5.74, 6) is 0.953. The Morgan fingerprint density at radius 2 is 1.80 bits per heavy atom. The molecule has 0 bridgehead atoms. The van der Waals surface area contributed by atoms with Crippen LogP contribution in [0.4, 0.5) is 0 Å². The van der Waals surface area contributed by atoms with Crippen LogP contribution in [0.25, 0.3) is 17.1 Å². The van der Waals surface area contributed by atoms with Gasteiger partial charge in [-0.1, -0.05) is 87.3 Å². The summed E-state index contributed by atoms with van der Waals surface area (Å²) in [6.45, 7) is 2.04. The van der Waals surface area contributed by atoms with Crippen molar-refractivity contribution in [3.8, 4) is 17.1 Å². The number of carbonyl (C=O) groups excluding carboxylic acids is 1. The number of hydrogen-bond acceptors (Lipinski definition) is 4. The maximum Gasteiger partial charge on any atom is 0.196 e. The Balaban J connectivity index is 1.70.